The third kappa shape index (κ3) is 4.55. The Morgan fingerprint density at radius 3 is 2.62 bits per heavy atom. The number of sulfone groups is 1. The molecule has 0 heterocycles. The summed E-state index contributed by atoms with van der Waals surface area (Å²) in [5.74, 6) is 0.829. The van der Waals surface area contributed by atoms with Gasteiger partial charge in [-0.1, -0.05) is 19.8 Å². The molecule has 114 valence electrons. The molecule has 2 rings (SSSR count). The summed E-state index contributed by atoms with van der Waals surface area (Å²) in [6.07, 6.45) is 4.78. The third-order valence-corrected chi connectivity index (χ3v) is 5.81. The number of hydrogen-bond acceptors (Lipinski definition) is 4. The van der Waals surface area contributed by atoms with Crippen LogP contribution in [0, 0.1) is 17.2 Å². The smallest absolute Gasteiger partial charge is 0.179 e. The monoisotopic (exact) mass is 306 g/mol. The van der Waals surface area contributed by atoms with Crippen molar-refractivity contribution in [2.45, 2.75) is 43.5 Å². The van der Waals surface area contributed by atoms with Gasteiger partial charge in [0.1, 0.15) is 0 Å². The summed E-state index contributed by atoms with van der Waals surface area (Å²) in [4.78, 5) is 0.292. The molecule has 0 aromatic heterocycles. The molecular weight excluding hydrogens is 284 g/mol. The largest absolute Gasteiger partial charge is 0.313 e. The molecule has 1 fully saturated rings. The van der Waals surface area contributed by atoms with E-state index in [2.05, 4.69) is 12.2 Å². The highest BCUT2D eigenvalue weighted by atomic mass is 32.2. The summed E-state index contributed by atoms with van der Waals surface area (Å²) >= 11 is 0. The zero-order valence-corrected chi connectivity index (χ0v) is 13.2. The Morgan fingerprint density at radius 1 is 1.29 bits per heavy atom. The lowest BCUT2D eigenvalue weighted by Gasteiger charge is -2.27. The Bertz CT molecular complexity index is 602. The van der Waals surface area contributed by atoms with Gasteiger partial charge in [0.25, 0.3) is 0 Å². The maximum Gasteiger partial charge on any atom is 0.179 e. The third-order valence-electron chi connectivity index (χ3n) is 4.08. The first kappa shape index (κ1) is 16.0. The zero-order valence-electron chi connectivity index (χ0n) is 12.4. The van der Waals surface area contributed by atoms with Gasteiger partial charge < -0.3 is 5.32 Å². The van der Waals surface area contributed by atoms with E-state index in [4.69, 9.17) is 5.26 Å². The van der Waals surface area contributed by atoms with E-state index < -0.39 is 9.84 Å². The van der Waals surface area contributed by atoms with E-state index in [1.807, 2.05) is 6.07 Å². The Morgan fingerprint density at radius 2 is 2.00 bits per heavy atom. The van der Waals surface area contributed by atoms with E-state index in [-0.39, 0.29) is 5.75 Å². The van der Waals surface area contributed by atoms with E-state index >= 15 is 0 Å². The highest BCUT2D eigenvalue weighted by Crippen LogP contribution is 2.23. The molecule has 0 amide bonds. The van der Waals surface area contributed by atoms with E-state index in [9.17, 15) is 8.42 Å². The van der Waals surface area contributed by atoms with Crippen LogP contribution in [-0.2, 0) is 9.84 Å². The molecule has 0 radical (unpaired) electrons. The second-order valence-corrected chi connectivity index (χ2v) is 7.99. The second kappa shape index (κ2) is 7.06. The van der Waals surface area contributed by atoms with Crippen LogP contribution < -0.4 is 5.32 Å². The first-order valence-corrected chi connectivity index (χ1v) is 9.13. The minimum atomic E-state index is -3.27. The van der Waals surface area contributed by atoms with Gasteiger partial charge in [0.05, 0.1) is 22.3 Å². The average molecular weight is 306 g/mol. The van der Waals surface area contributed by atoms with Crippen LogP contribution in [0.1, 0.15) is 38.2 Å². The van der Waals surface area contributed by atoms with Crippen molar-refractivity contribution in [2.75, 3.05) is 12.3 Å². The summed E-state index contributed by atoms with van der Waals surface area (Å²) < 4.78 is 24.4. The van der Waals surface area contributed by atoms with Crippen molar-refractivity contribution >= 4 is 9.84 Å². The number of hydrogen-bond donors (Lipinski definition) is 1. The highest BCUT2D eigenvalue weighted by Gasteiger charge is 2.19. The fourth-order valence-electron chi connectivity index (χ4n) is 2.87. The summed E-state index contributed by atoms with van der Waals surface area (Å²) in [7, 11) is -3.27. The number of nitrogens with one attached hydrogen (secondary N) is 1. The summed E-state index contributed by atoms with van der Waals surface area (Å²) in [6, 6.07) is 8.55. The predicted molar refractivity (Wildman–Crippen MR) is 82.6 cm³/mol. The molecular formula is C16H22N2O2S. The maximum atomic E-state index is 12.2. The fraction of sp³-hybridized carbons (Fsp3) is 0.562. The Hall–Kier alpha value is -1.38. The molecule has 1 saturated carbocycles. The quantitative estimate of drug-likeness (QED) is 0.907. The average Bonchev–Trinajstić information content (AvgIpc) is 2.47. The first-order chi connectivity index (χ1) is 10.0. The number of rotatable bonds is 5. The van der Waals surface area contributed by atoms with Crippen molar-refractivity contribution in [1.29, 1.82) is 5.26 Å². The lowest BCUT2D eigenvalue weighted by Crippen LogP contribution is -2.36. The molecule has 4 nitrogen and oxygen atoms in total. The zero-order chi connectivity index (χ0) is 15.3. The molecule has 1 aromatic carbocycles. The molecule has 0 aliphatic heterocycles. The number of nitrogens with zero attached hydrogens (tertiary/aromatic N) is 1. The van der Waals surface area contributed by atoms with Crippen LogP contribution in [0.5, 0.6) is 0 Å². The van der Waals surface area contributed by atoms with Gasteiger partial charge in [-0.05, 0) is 43.0 Å². The van der Waals surface area contributed by atoms with Crippen LogP contribution in [0.2, 0.25) is 0 Å². The van der Waals surface area contributed by atoms with Gasteiger partial charge in [-0.2, -0.15) is 5.26 Å². The summed E-state index contributed by atoms with van der Waals surface area (Å²) in [5.41, 5.74) is 0.475. The molecule has 2 atom stereocenters. The van der Waals surface area contributed by atoms with E-state index in [0.29, 0.717) is 23.0 Å². The summed E-state index contributed by atoms with van der Waals surface area (Å²) in [6.45, 7) is 2.74. The van der Waals surface area contributed by atoms with Crippen LogP contribution >= 0.6 is 0 Å². The van der Waals surface area contributed by atoms with Crippen LogP contribution in [-0.4, -0.2) is 26.8 Å². The lowest BCUT2D eigenvalue weighted by molar-refractivity contribution is 0.305. The van der Waals surface area contributed by atoms with E-state index in [1.165, 1.54) is 25.0 Å². The van der Waals surface area contributed by atoms with Crippen molar-refractivity contribution in [3.8, 4) is 6.07 Å². The van der Waals surface area contributed by atoms with Crippen molar-refractivity contribution in [3.63, 3.8) is 0 Å². The molecule has 1 aliphatic rings. The van der Waals surface area contributed by atoms with E-state index in [1.54, 1.807) is 12.1 Å². The number of nitriles is 1. The SMILES string of the molecule is CC1CCCC(NCCS(=O)(=O)c2ccc(C#N)cc2)C1. The van der Waals surface area contributed by atoms with Gasteiger partial charge in [0.15, 0.2) is 9.84 Å². The fourth-order valence-corrected chi connectivity index (χ4v) is 4.04. The molecule has 1 aliphatic carbocycles. The Kier molecular flexibility index (Phi) is 5.38. The van der Waals surface area contributed by atoms with Crippen LogP contribution in [0.25, 0.3) is 0 Å². The van der Waals surface area contributed by atoms with Crippen LogP contribution in [0.4, 0.5) is 0 Å². The van der Waals surface area contributed by atoms with Crippen molar-refractivity contribution < 1.29 is 8.42 Å². The first-order valence-electron chi connectivity index (χ1n) is 7.47. The second-order valence-electron chi connectivity index (χ2n) is 5.88. The minimum Gasteiger partial charge on any atom is -0.313 e. The summed E-state index contributed by atoms with van der Waals surface area (Å²) in [5, 5.41) is 12.1. The van der Waals surface area contributed by atoms with Crippen molar-refractivity contribution in [3.05, 3.63) is 29.8 Å². The Labute approximate surface area is 127 Å². The molecule has 1 N–H and O–H groups in total. The van der Waals surface area contributed by atoms with Gasteiger partial charge in [-0.25, -0.2) is 8.42 Å². The van der Waals surface area contributed by atoms with Crippen LogP contribution in [0.15, 0.2) is 29.2 Å². The Balaban J connectivity index is 1.87. The minimum absolute atomic E-state index is 0.101. The number of benzene rings is 1. The molecule has 1 aromatic rings. The van der Waals surface area contributed by atoms with Gasteiger partial charge >= 0.3 is 0 Å². The molecule has 2 unspecified atom stereocenters. The van der Waals surface area contributed by atoms with Gasteiger partial charge in [0.2, 0.25) is 0 Å². The normalized spacial score (nSPS) is 22.7. The predicted octanol–water partition coefficient (Wildman–Crippen LogP) is 2.50. The molecule has 0 saturated heterocycles. The van der Waals surface area contributed by atoms with Crippen molar-refractivity contribution in [1.82, 2.24) is 5.32 Å². The van der Waals surface area contributed by atoms with Gasteiger partial charge in [-0.15, -0.1) is 0 Å². The standard InChI is InChI=1S/C16H22N2O2S/c1-13-3-2-4-15(11-13)18-9-10-21(19,20)16-7-5-14(12-17)6-8-16/h5-8,13,15,18H,2-4,9-11H2,1H3. The topological polar surface area (TPSA) is 70.0 Å². The van der Waals surface area contributed by atoms with Crippen molar-refractivity contribution in [2.24, 2.45) is 5.92 Å². The van der Waals surface area contributed by atoms with Crippen LogP contribution in [0.3, 0.4) is 0 Å². The van der Waals surface area contributed by atoms with E-state index in [0.717, 1.165) is 18.8 Å². The lowest BCUT2D eigenvalue weighted by atomic mass is 9.87. The molecule has 5 heteroatoms. The maximum absolute atomic E-state index is 12.2. The highest BCUT2D eigenvalue weighted by molar-refractivity contribution is 7.91. The van der Waals surface area contributed by atoms with Gasteiger partial charge in [-0.3, -0.25) is 0 Å². The van der Waals surface area contributed by atoms with Gasteiger partial charge in [0, 0.05) is 12.6 Å². The molecule has 0 bridgehead atoms. The molecule has 0 spiro atoms. The molecule has 21 heavy (non-hydrogen) atoms.